The SMILES string of the molecule is COc1cc(C=C2C(=O)NC(=S)NC2=O)cc(Cl)c1OCc1ccccc1F. The van der Waals surface area contributed by atoms with E-state index < -0.39 is 17.6 Å². The fourth-order valence-corrected chi connectivity index (χ4v) is 2.96. The van der Waals surface area contributed by atoms with Crippen LogP contribution in [0.4, 0.5) is 4.39 Å². The molecule has 1 saturated heterocycles. The van der Waals surface area contributed by atoms with E-state index in [0.29, 0.717) is 11.1 Å². The number of methoxy groups -OCH3 is 1. The van der Waals surface area contributed by atoms with E-state index in [1.807, 2.05) is 0 Å². The highest BCUT2D eigenvalue weighted by atomic mass is 35.5. The zero-order valence-electron chi connectivity index (χ0n) is 14.5. The van der Waals surface area contributed by atoms with Crippen LogP contribution >= 0.6 is 23.8 Å². The lowest BCUT2D eigenvalue weighted by atomic mass is 10.1. The number of halogens is 2. The summed E-state index contributed by atoms with van der Waals surface area (Å²) < 4.78 is 24.7. The second-order valence-corrected chi connectivity index (χ2v) is 6.53. The molecule has 0 bridgehead atoms. The summed E-state index contributed by atoms with van der Waals surface area (Å²) in [6.45, 7) is -0.0502. The number of nitrogens with one attached hydrogen (secondary N) is 2. The van der Waals surface area contributed by atoms with E-state index >= 15 is 0 Å². The first-order chi connectivity index (χ1) is 13.4. The molecule has 0 spiro atoms. The summed E-state index contributed by atoms with van der Waals surface area (Å²) in [5.74, 6) is -1.16. The summed E-state index contributed by atoms with van der Waals surface area (Å²) in [5, 5.41) is 4.81. The molecule has 2 amide bonds. The third-order valence-corrected chi connectivity index (χ3v) is 4.32. The Bertz CT molecular complexity index is 987. The molecule has 0 unspecified atom stereocenters. The summed E-state index contributed by atoms with van der Waals surface area (Å²) in [5.41, 5.74) is 0.665. The Kier molecular flexibility index (Phi) is 5.91. The third kappa shape index (κ3) is 4.29. The number of hydrogen-bond acceptors (Lipinski definition) is 5. The van der Waals surface area contributed by atoms with E-state index in [-0.39, 0.29) is 33.8 Å². The highest BCUT2D eigenvalue weighted by Crippen LogP contribution is 2.37. The van der Waals surface area contributed by atoms with Gasteiger partial charge in [-0.3, -0.25) is 20.2 Å². The zero-order chi connectivity index (χ0) is 20.3. The topological polar surface area (TPSA) is 76.7 Å². The minimum atomic E-state index is -0.622. The summed E-state index contributed by atoms with van der Waals surface area (Å²) in [7, 11) is 1.41. The maximum absolute atomic E-state index is 13.8. The van der Waals surface area contributed by atoms with Gasteiger partial charge < -0.3 is 9.47 Å². The summed E-state index contributed by atoms with van der Waals surface area (Å²) in [6.07, 6.45) is 1.35. The largest absolute Gasteiger partial charge is 0.493 e. The van der Waals surface area contributed by atoms with Crippen molar-refractivity contribution < 1.29 is 23.5 Å². The molecule has 1 fully saturated rings. The molecular weight excluding hydrogens is 407 g/mol. The van der Waals surface area contributed by atoms with Crippen molar-refractivity contribution in [2.45, 2.75) is 6.61 Å². The van der Waals surface area contributed by atoms with Gasteiger partial charge in [0.2, 0.25) is 0 Å². The maximum atomic E-state index is 13.8. The number of thiocarbonyl (C=S) groups is 1. The van der Waals surface area contributed by atoms with Crippen molar-refractivity contribution in [2.24, 2.45) is 0 Å². The van der Waals surface area contributed by atoms with Gasteiger partial charge in [-0.2, -0.15) is 0 Å². The highest BCUT2D eigenvalue weighted by Gasteiger charge is 2.26. The van der Waals surface area contributed by atoms with Gasteiger partial charge in [0.15, 0.2) is 16.6 Å². The second-order valence-electron chi connectivity index (χ2n) is 5.71. The second kappa shape index (κ2) is 8.37. The van der Waals surface area contributed by atoms with E-state index in [0.717, 1.165) is 0 Å². The fraction of sp³-hybridized carbons (Fsp3) is 0.105. The number of carbonyl (C=O) groups is 2. The first-order valence-electron chi connectivity index (χ1n) is 8.01. The smallest absolute Gasteiger partial charge is 0.263 e. The minimum absolute atomic E-state index is 0.0502. The molecule has 144 valence electrons. The molecule has 2 aromatic carbocycles. The van der Waals surface area contributed by atoms with Crippen molar-refractivity contribution in [1.29, 1.82) is 0 Å². The molecule has 0 aliphatic carbocycles. The Morgan fingerprint density at radius 3 is 2.50 bits per heavy atom. The molecular formula is C19H14ClFN2O4S. The molecule has 0 radical (unpaired) electrons. The van der Waals surface area contributed by atoms with Crippen LogP contribution < -0.4 is 20.1 Å². The van der Waals surface area contributed by atoms with Crippen LogP contribution in [0.3, 0.4) is 0 Å². The van der Waals surface area contributed by atoms with Gasteiger partial charge in [0.1, 0.15) is 18.0 Å². The lowest BCUT2D eigenvalue weighted by molar-refractivity contribution is -0.123. The molecule has 1 heterocycles. The molecule has 0 saturated carbocycles. The lowest BCUT2D eigenvalue weighted by Crippen LogP contribution is -2.51. The van der Waals surface area contributed by atoms with Crippen molar-refractivity contribution in [3.8, 4) is 11.5 Å². The molecule has 28 heavy (non-hydrogen) atoms. The van der Waals surface area contributed by atoms with Crippen LogP contribution in [0.2, 0.25) is 5.02 Å². The monoisotopic (exact) mass is 420 g/mol. The molecule has 3 rings (SSSR count). The average Bonchev–Trinajstić information content (AvgIpc) is 2.64. The Hall–Kier alpha value is -2.97. The Morgan fingerprint density at radius 2 is 1.86 bits per heavy atom. The van der Waals surface area contributed by atoms with E-state index in [1.165, 1.54) is 25.3 Å². The zero-order valence-corrected chi connectivity index (χ0v) is 16.1. The number of rotatable bonds is 5. The van der Waals surface area contributed by atoms with Crippen molar-refractivity contribution in [3.05, 3.63) is 63.9 Å². The predicted molar refractivity (Wildman–Crippen MR) is 106 cm³/mol. The third-order valence-electron chi connectivity index (χ3n) is 3.84. The van der Waals surface area contributed by atoms with Gasteiger partial charge in [-0.05, 0) is 42.1 Å². The van der Waals surface area contributed by atoms with Crippen LogP contribution in [-0.2, 0) is 16.2 Å². The quantitative estimate of drug-likeness (QED) is 0.442. The normalized spacial score (nSPS) is 13.7. The molecule has 1 aliphatic rings. The maximum Gasteiger partial charge on any atom is 0.263 e. The molecule has 1 aliphatic heterocycles. The van der Waals surface area contributed by atoms with Gasteiger partial charge in [-0.1, -0.05) is 29.8 Å². The van der Waals surface area contributed by atoms with Gasteiger partial charge >= 0.3 is 0 Å². The van der Waals surface area contributed by atoms with E-state index in [9.17, 15) is 14.0 Å². The first kappa shape index (κ1) is 19.8. The van der Waals surface area contributed by atoms with Gasteiger partial charge in [-0.25, -0.2) is 4.39 Å². The van der Waals surface area contributed by atoms with Crippen molar-refractivity contribution in [3.63, 3.8) is 0 Å². The van der Waals surface area contributed by atoms with E-state index in [1.54, 1.807) is 24.3 Å². The summed E-state index contributed by atoms with van der Waals surface area (Å²) >= 11 is 11.0. The molecule has 0 atom stereocenters. The highest BCUT2D eigenvalue weighted by molar-refractivity contribution is 7.80. The van der Waals surface area contributed by atoms with Crippen LogP contribution in [-0.4, -0.2) is 24.0 Å². The summed E-state index contributed by atoms with van der Waals surface area (Å²) in [6, 6.07) is 9.25. The Balaban J connectivity index is 1.88. The van der Waals surface area contributed by atoms with Crippen molar-refractivity contribution >= 4 is 46.8 Å². The number of amides is 2. The standard InChI is InChI=1S/C19H14ClFN2O4S/c1-26-15-8-10(6-12-17(24)22-19(28)23-18(12)25)7-13(20)16(15)27-9-11-4-2-3-5-14(11)21/h2-8H,9H2,1H3,(H2,22,23,24,25,28). The average molecular weight is 421 g/mol. The fourth-order valence-electron chi connectivity index (χ4n) is 2.50. The van der Waals surface area contributed by atoms with Crippen LogP contribution in [0.5, 0.6) is 11.5 Å². The van der Waals surface area contributed by atoms with Crippen molar-refractivity contribution in [1.82, 2.24) is 10.6 Å². The number of benzene rings is 2. The van der Waals surface area contributed by atoms with Crippen LogP contribution in [0.25, 0.3) is 6.08 Å². The van der Waals surface area contributed by atoms with Crippen LogP contribution in [0.1, 0.15) is 11.1 Å². The van der Waals surface area contributed by atoms with Crippen LogP contribution in [0.15, 0.2) is 42.0 Å². The molecule has 2 aromatic rings. The predicted octanol–water partition coefficient (Wildman–Crippen LogP) is 2.98. The Labute approximate surface area is 170 Å². The molecule has 9 heteroatoms. The molecule has 0 aromatic heterocycles. The number of ether oxygens (including phenoxy) is 2. The lowest BCUT2D eigenvalue weighted by Gasteiger charge is -2.17. The summed E-state index contributed by atoms with van der Waals surface area (Å²) in [4.78, 5) is 23.9. The first-order valence-corrected chi connectivity index (χ1v) is 8.79. The van der Waals surface area contributed by atoms with E-state index in [4.69, 9.17) is 33.3 Å². The van der Waals surface area contributed by atoms with Gasteiger partial charge in [0.05, 0.1) is 12.1 Å². The Morgan fingerprint density at radius 1 is 1.18 bits per heavy atom. The van der Waals surface area contributed by atoms with Gasteiger partial charge in [0, 0.05) is 5.56 Å². The molecule has 6 nitrogen and oxygen atoms in total. The molecule has 2 N–H and O–H groups in total. The van der Waals surface area contributed by atoms with Gasteiger partial charge in [-0.15, -0.1) is 0 Å². The number of carbonyl (C=O) groups excluding carboxylic acids is 2. The van der Waals surface area contributed by atoms with Gasteiger partial charge in [0.25, 0.3) is 11.8 Å². The van der Waals surface area contributed by atoms with E-state index in [2.05, 4.69) is 10.6 Å². The van der Waals surface area contributed by atoms with Crippen LogP contribution in [0, 0.1) is 5.82 Å². The minimum Gasteiger partial charge on any atom is -0.493 e. The van der Waals surface area contributed by atoms with Crippen molar-refractivity contribution in [2.75, 3.05) is 7.11 Å². The number of hydrogen-bond donors (Lipinski definition) is 2.